The molecule has 1 aromatic heterocycles. The smallest absolute Gasteiger partial charge is 0.335 e. The fourth-order valence-corrected chi connectivity index (χ4v) is 1.90. The molecule has 0 saturated carbocycles. The van der Waals surface area contributed by atoms with Crippen molar-refractivity contribution in [2.24, 2.45) is 0 Å². The highest BCUT2D eigenvalue weighted by atomic mass is 32.2. The number of thioether (sulfide) groups is 1. The molecule has 1 amide bonds. The van der Waals surface area contributed by atoms with E-state index in [9.17, 15) is 9.59 Å². The molecular weight excluding hydrogens is 264 g/mol. The topological polar surface area (TPSA) is 79.3 Å². The first kappa shape index (κ1) is 15.5. The lowest BCUT2D eigenvalue weighted by molar-refractivity contribution is -0.118. The van der Waals surface area contributed by atoms with Crippen LogP contribution in [0, 0.1) is 0 Å². The molecule has 1 heterocycles. The molecule has 0 saturated heterocycles. The molecule has 0 bridgehead atoms. The molecule has 0 aliphatic rings. The number of nitrogens with zero attached hydrogens (tertiary/aromatic N) is 1. The highest BCUT2D eigenvalue weighted by Gasteiger charge is 2.13. The van der Waals surface area contributed by atoms with Gasteiger partial charge in [-0.3, -0.25) is 9.78 Å². The summed E-state index contributed by atoms with van der Waals surface area (Å²) in [6.45, 7) is 6.37. The van der Waals surface area contributed by atoms with Gasteiger partial charge in [-0.1, -0.05) is 20.8 Å². The van der Waals surface area contributed by atoms with Crippen LogP contribution in [0.25, 0.3) is 0 Å². The van der Waals surface area contributed by atoms with Gasteiger partial charge in [0.15, 0.2) is 0 Å². The first-order valence-electron chi connectivity index (χ1n) is 5.87. The van der Waals surface area contributed by atoms with Crippen molar-refractivity contribution in [3.05, 3.63) is 29.6 Å². The molecule has 0 aromatic carbocycles. The fourth-order valence-electron chi connectivity index (χ4n) is 1.23. The van der Waals surface area contributed by atoms with Crippen molar-refractivity contribution in [3.8, 4) is 0 Å². The SMILES string of the molecule is CC(C)(C)SCC(=O)NCc1cc(C(=O)O)ccn1. The van der Waals surface area contributed by atoms with Crippen LogP contribution in [0.2, 0.25) is 0 Å². The van der Waals surface area contributed by atoms with E-state index in [1.165, 1.54) is 18.3 Å². The Hall–Kier alpha value is -1.56. The van der Waals surface area contributed by atoms with Gasteiger partial charge in [0, 0.05) is 10.9 Å². The molecule has 1 aromatic rings. The van der Waals surface area contributed by atoms with Gasteiger partial charge in [0.25, 0.3) is 0 Å². The van der Waals surface area contributed by atoms with E-state index in [-0.39, 0.29) is 22.8 Å². The van der Waals surface area contributed by atoms with Crippen LogP contribution in [0.5, 0.6) is 0 Å². The maximum absolute atomic E-state index is 11.6. The quantitative estimate of drug-likeness (QED) is 0.862. The Kier molecular flexibility index (Phi) is 5.35. The van der Waals surface area contributed by atoms with Gasteiger partial charge < -0.3 is 10.4 Å². The number of carbonyl (C=O) groups is 2. The number of pyridine rings is 1. The van der Waals surface area contributed by atoms with Crippen LogP contribution < -0.4 is 5.32 Å². The molecule has 0 aliphatic carbocycles. The predicted octanol–water partition coefficient (Wildman–Crippen LogP) is 1.93. The second-order valence-electron chi connectivity index (χ2n) is 5.02. The van der Waals surface area contributed by atoms with Crippen LogP contribution in [0.15, 0.2) is 18.3 Å². The molecule has 0 aliphatic heterocycles. The fraction of sp³-hybridized carbons (Fsp3) is 0.462. The predicted molar refractivity (Wildman–Crippen MR) is 75.3 cm³/mol. The second kappa shape index (κ2) is 6.56. The van der Waals surface area contributed by atoms with Crippen LogP contribution in [0.1, 0.15) is 36.8 Å². The molecule has 0 atom stereocenters. The molecule has 104 valence electrons. The minimum Gasteiger partial charge on any atom is -0.478 e. The third-order valence-electron chi connectivity index (χ3n) is 2.17. The summed E-state index contributed by atoms with van der Waals surface area (Å²) >= 11 is 1.56. The lowest BCUT2D eigenvalue weighted by Crippen LogP contribution is -2.27. The standard InChI is InChI=1S/C13H18N2O3S/c1-13(2,3)19-8-11(16)15-7-10-6-9(12(17)18)4-5-14-10/h4-6H,7-8H2,1-3H3,(H,15,16)(H,17,18). The number of hydrogen-bond donors (Lipinski definition) is 2. The number of aromatic carboxylic acids is 1. The molecule has 0 fully saturated rings. The number of amides is 1. The molecule has 5 nitrogen and oxygen atoms in total. The Bertz CT molecular complexity index is 469. The van der Waals surface area contributed by atoms with Gasteiger partial charge in [0.2, 0.25) is 5.91 Å². The van der Waals surface area contributed by atoms with E-state index in [1.807, 2.05) is 20.8 Å². The van der Waals surface area contributed by atoms with Crippen molar-refractivity contribution < 1.29 is 14.7 Å². The van der Waals surface area contributed by atoms with Crippen LogP contribution in [0.3, 0.4) is 0 Å². The summed E-state index contributed by atoms with van der Waals surface area (Å²) in [7, 11) is 0. The maximum Gasteiger partial charge on any atom is 0.335 e. The second-order valence-corrected chi connectivity index (χ2v) is 6.82. The van der Waals surface area contributed by atoms with Gasteiger partial charge in [-0.05, 0) is 12.1 Å². The van der Waals surface area contributed by atoms with Crippen LogP contribution in [0.4, 0.5) is 0 Å². The van der Waals surface area contributed by atoms with Gasteiger partial charge in [-0.2, -0.15) is 0 Å². The number of carbonyl (C=O) groups excluding carboxylic acids is 1. The zero-order valence-electron chi connectivity index (χ0n) is 11.3. The lowest BCUT2D eigenvalue weighted by Gasteiger charge is -2.16. The highest BCUT2D eigenvalue weighted by molar-refractivity contribution is 8.01. The van der Waals surface area contributed by atoms with E-state index >= 15 is 0 Å². The van der Waals surface area contributed by atoms with Gasteiger partial charge in [0.05, 0.1) is 23.6 Å². The first-order valence-corrected chi connectivity index (χ1v) is 6.85. The van der Waals surface area contributed by atoms with Gasteiger partial charge in [0.1, 0.15) is 0 Å². The van der Waals surface area contributed by atoms with Crippen molar-refractivity contribution in [2.75, 3.05) is 5.75 Å². The van der Waals surface area contributed by atoms with E-state index in [0.717, 1.165) is 0 Å². The Morgan fingerprint density at radius 1 is 1.42 bits per heavy atom. The zero-order valence-corrected chi connectivity index (χ0v) is 12.1. The van der Waals surface area contributed by atoms with Gasteiger partial charge in [-0.25, -0.2) is 4.79 Å². The largest absolute Gasteiger partial charge is 0.478 e. The molecule has 6 heteroatoms. The number of nitrogens with one attached hydrogen (secondary N) is 1. The zero-order chi connectivity index (χ0) is 14.5. The Balaban J connectivity index is 2.46. The van der Waals surface area contributed by atoms with Crippen molar-refractivity contribution in [1.29, 1.82) is 0 Å². The maximum atomic E-state index is 11.6. The first-order chi connectivity index (χ1) is 8.78. The Morgan fingerprint density at radius 2 is 2.11 bits per heavy atom. The Labute approximate surface area is 116 Å². The summed E-state index contributed by atoms with van der Waals surface area (Å²) in [5, 5.41) is 11.6. The molecule has 0 spiro atoms. The van der Waals surface area contributed by atoms with Crippen LogP contribution >= 0.6 is 11.8 Å². The minimum atomic E-state index is -1.00. The average Bonchev–Trinajstić information content (AvgIpc) is 2.33. The summed E-state index contributed by atoms with van der Waals surface area (Å²) in [5.41, 5.74) is 0.706. The van der Waals surface area contributed by atoms with E-state index in [0.29, 0.717) is 11.4 Å². The number of aromatic nitrogens is 1. The van der Waals surface area contributed by atoms with E-state index < -0.39 is 5.97 Å². The van der Waals surface area contributed by atoms with Crippen molar-refractivity contribution in [3.63, 3.8) is 0 Å². The monoisotopic (exact) mass is 282 g/mol. The third kappa shape index (κ3) is 6.24. The number of hydrogen-bond acceptors (Lipinski definition) is 4. The minimum absolute atomic E-state index is 0.0405. The summed E-state index contributed by atoms with van der Waals surface area (Å²) in [5.74, 6) is -0.706. The average molecular weight is 282 g/mol. The van der Waals surface area contributed by atoms with Crippen LogP contribution in [-0.4, -0.2) is 32.5 Å². The van der Waals surface area contributed by atoms with E-state index in [4.69, 9.17) is 5.11 Å². The highest BCUT2D eigenvalue weighted by Crippen LogP contribution is 2.22. The van der Waals surface area contributed by atoms with Crippen molar-refractivity contribution in [1.82, 2.24) is 10.3 Å². The summed E-state index contributed by atoms with van der Waals surface area (Å²) in [6, 6.07) is 2.88. The third-order valence-corrected chi connectivity index (χ3v) is 3.44. The summed E-state index contributed by atoms with van der Waals surface area (Å²) in [6.07, 6.45) is 1.43. The van der Waals surface area contributed by atoms with E-state index in [1.54, 1.807) is 11.8 Å². The van der Waals surface area contributed by atoms with Crippen molar-refractivity contribution in [2.45, 2.75) is 32.1 Å². The number of carboxylic acid groups (broad SMARTS) is 1. The summed E-state index contributed by atoms with van der Waals surface area (Å²) < 4.78 is 0.0405. The number of rotatable bonds is 5. The molecule has 2 N–H and O–H groups in total. The van der Waals surface area contributed by atoms with Crippen LogP contribution in [-0.2, 0) is 11.3 Å². The molecular formula is C13H18N2O3S. The van der Waals surface area contributed by atoms with Gasteiger partial charge >= 0.3 is 5.97 Å². The number of carboxylic acids is 1. The Morgan fingerprint density at radius 3 is 2.68 bits per heavy atom. The molecule has 0 unspecified atom stereocenters. The molecule has 1 rings (SSSR count). The lowest BCUT2D eigenvalue weighted by atomic mass is 10.2. The normalized spacial score (nSPS) is 11.1. The summed E-state index contributed by atoms with van der Waals surface area (Å²) in [4.78, 5) is 26.4. The van der Waals surface area contributed by atoms with Gasteiger partial charge in [-0.15, -0.1) is 11.8 Å². The van der Waals surface area contributed by atoms with E-state index in [2.05, 4.69) is 10.3 Å². The molecule has 19 heavy (non-hydrogen) atoms. The molecule has 0 radical (unpaired) electrons. The van der Waals surface area contributed by atoms with Crippen molar-refractivity contribution >= 4 is 23.6 Å².